The zero-order valence-corrected chi connectivity index (χ0v) is 19.0. The molecule has 0 bridgehead atoms. The topological polar surface area (TPSA) is 108 Å². The van der Waals surface area contributed by atoms with Crippen LogP contribution >= 0.6 is 0 Å². The molecule has 2 unspecified atom stereocenters. The highest BCUT2D eigenvalue weighted by atomic mass is 16.5. The van der Waals surface area contributed by atoms with Gasteiger partial charge in [-0.05, 0) is 55.3 Å². The number of anilines is 2. The Balaban J connectivity index is 1.42. The molecule has 2 aliphatic rings. The molecule has 2 aromatic carbocycles. The lowest BCUT2D eigenvalue weighted by molar-refractivity contribution is -0.140. The Morgan fingerprint density at radius 2 is 1.76 bits per heavy atom. The van der Waals surface area contributed by atoms with Crippen molar-refractivity contribution < 1.29 is 23.9 Å². The minimum Gasteiger partial charge on any atom is -0.484 e. The average molecular weight is 463 g/mol. The second kappa shape index (κ2) is 9.78. The number of carbonyl (C=O) groups is 4. The number of benzene rings is 2. The predicted octanol–water partition coefficient (Wildman–Crippen LogP) is 2.37. The lowest BCUT2D eigenvalue weighted by Crippen LogP contribution is -2.59. The molecule has 34 heavy (non-hydrogen) atoms. The number of hydrogen-bond acceptors (Lipinski definition) is 5. The van der Waals surface area contributed by atoms with E-state index in [-0.39, 0.29) is 36.2 Å². The van der Waals surface area contributed by atoms with Crippen molar-refractivity contribution in [2.75, 3.05) is 31.0 Å². The van der Waals surface area contributed by atoms with Crippen LogP contribution in [-0.2, 0) is 14.4 Å². The molecule has 9 heteroatoms. The molecule has 4 amide bonds. The lowest BCUT2D eigenvalue weighted by atomic mass is 9.80. The van der Waals surface area contributed by atoms with E-state index in [1.54, 1.807) is 62.6 Å². The monoisotopic (exact) mass is 462 g/mol. The highest BCUT2D eigenvalue weighted by Crippen LogP contribution is 2.32. The van der Waals surface area contributed by atoms with E-state index in [4.69, 9.17) is 4.74 Å². The highest BCUT2D eigenvalue weighted by molar-refractivity contribution is 6.07. The fraction of sp³-hybridized carbons (Fsp3) is 0.280. The summed E-state index contributed by atoms with van der Waals surface area (Å²) in [7, 11) is 3.30. The zero-order valence-electron chi connectivity index (χ0n) is 19.0. The van der Waals surface area contributed by atoms with Gasteiger partial charge in [-0.25, -0.2) is 5.01 Å². The van der Waals surface area contributed by atoms with Crippen LogP contribution in [0.4, 0.5) is 11.4 Å². The van der Waals surface area contributed by atoms with Crippen LogP contribution in [0.25, 0.3) is 0 Å². The maximum atomic E-state index is 13.0. The molecule has 0 radical (unpaired) electrons. The summed E-state index contributed by atoms with van der Waals surface area (Å²) >= 11 is 0. The largest absolute Gasteiger partial charge is 0.484 e. The number of carbonyl (C=O) groups excluding carboxylic acids is 4. The van der Waals surface area contributed by atoms with Crippen LogP contribution in [0.15, 0.2) is 60.7 Å². The van der Waals surface area contributed by atoms with E-state index in [1.165, 1.54) is 9.91 Å². The number of ether oxygens (including phenoxy) is 1. The molecule has 9 nitrogen and oxygen atoms in total. The van der Waals surface area contributed by atoms with Crippen LogP contribution in [0.5, 0.6) is 5.75 Å². The third kappa shape index (κ3) is 4.93. The van der Waals surface area contributed by atoms with E-state index in [0.717, 1.165) is 0 Å². The van der Waals surface area contributed by atoms with Gasteiger partial charge < -0.3 is 15.0 Å². The first kappa shape index (κ1) is 23.0. The van der Waals surface area contributed by atoms with Crippen molar-refractivity contribution in [1.29, 1.82) is 0 Å². The van der Waals surface area contributed by atoms with E-state index in [2.05, 4.69) is 10.7 Å². The maximum Gasteiger partial charge on any atom is 0.259 e. The number of hydrogen-bond donors (Lipinski definition) is 2. The number of hydrazine groups is 1. The molecular formula is C25H26N4O5. The molecule has 1 saturated heterocycles. The molecule has 0 aromatic heterocycles. The van der Waals surface area contributed by atoms with Gasteiger partial charge in [0.2, 0.25) is 11.8 Å². The SMILES string of the molecule is CN(C)C(=O)COc1ccc(NC(=O)c2cccc(N3NC(=O)C4CC=CCC4C3=O)c2)cc1. The summed E-state index contributed by atoms with van der Waals surface area (Å²) in [5.74, 6) is -1.15. The van der Waals surface area contributed by atoms with Crippen molar-refractivity contribution in [3.05, 3.63) is 66.2 Å². The number of allylic oxidation sites excluding steroid dienone is 2. The Morgan fingerprint density at radius 1 is 1.06 bits per heavy atom. The van der Waals surface area contributed by atoms with Crippen molar-refractivity contribution in [3.63, 3.8) is 0 Å². The number of nitrogens with zero attached hydrogens (tertiary/aromatic N) is 2. The summed E-state index contributed by atoms with van der Waals surface area (Å²) in [6, 6.07) is 13.2. The van der Waals surface area contributed by atoms with Gasteiger partial charge in [-0.15, -0.1) is 0 Å². The summed E-state index contributed by atoms with van der Waals surface area (Å²) < 4.78 is 5.43. The summed E-state index contributed by atoms with van der Waals surface area (Å²) in [4.78, 5) is 51.4. The number of rotatable bonds is 6. The second-order valence-corrected chi connectivity index (χ2v) is 8.41. The van der Waals surface area contributed by atoms with Gasteiger partial charge in [0.15, 0.2) is 6.61 Å². The van der Waals surface area contributed by atoms with Crippen LogP contribution in [0, 0.1) is 11.8 Å². The minimum absolute atomic E-state index is 0.0743. The van der Waals surface area contributed by atoms with Crippen molar-refractivity contribution >= 4 is 35.0 Å². The van der Waals surface area contributed by atoms with E-state index >= 15 is 0 Å². The van der Waals surface area contributed by atoms with Crippen LogP contribution in [-0.4, -0.2) is 49.2 Å². The van der Waals surface area contributed by atoms with Crippen LogP contribution in [0.3, 0.4) is 0 Å². The standard InChI is InChI=1S/C25H26N4O5/c1-28(2)22(30)15-34-19-12-10-17(11-13-19)26-23(31)16-6-5-7-18(14-16)29-25(33)21-9-4-3-8-20(21)24(32)27-29/h3-7,10-14,20-21H,8-9,15H2,1-2H3,(H,26,31)(H,27,32). The quantitative estimate of drug-likeness (QED) is 0.641. The van der Waals surface area contributed by atoms with Crippen LogP contribution < -0.4 is 20.5 Å². The highest BCUT2D eigenvalue weighted by Gasteiger charge is 2.42. The van der Waals surface area contributed by atoms with Crippen molar-refractivity contribution in [2.45, 2.75) is 12.8 Å². The molecule has 176 valence electrons. The Morgan fingerprint density at radius 3 is 2.47 bits per heavy atom. The van der Waals surface area contributed by atoms with Gasteiger partial charge in [0, 0.05) is 25.3 Å². The summed E-state index contributed by atoms with van der Waals surface area (Å²) in [6.07, 6.45) is 4.93. The third-order valence-electron chi connectivity index (χ3n) is 5.87. The number of likely N-dealkylation sites (N-methyl/N-ethyl adjacent to an activating group) is 1. The first-order valence-electron chi connectivity index (χ1n) is 11.0. The van der Waals surface area contributed by atoms with Crippen molar-refractivity contribution in [1.82, 2.24) is 10.3 Å². The molecule has 1 heterocycles. The first-order chi connectivity index (χ1) is 16.3. The molecular weight excluding hydrogens is 436 g/mol. The van der Waals surface area contributed by atoms with Gasteiger partial charge in [-0.2, -0.15) is 0 Å². The van der Waals surface area contributed by atoms with Gasteiger partial charge in [0.25, 0.3) is 11.8 Å². The lowest BCUT2D eigenvalue weighted by Gasteiger charge is -2.38. The smallest absolute Gasteiger partial charge is 0.259 e. The van der Waals surface area contributed by atoms with Gasteiger partial charge >= 0.3 is 0 Å². The normalized spacial score (nSPS) is 19.2. The Labute approximate surface area is 197 Å². The van der Waals surface area contributed by atoms with E-state index in [0.29, 0.717) is 35.5 Å². The van der Waals surface area contributed by atoms with E-state index in [9.17, 15) is 19.2 Å². The number of amides is 4. The van der Waals surface area contributed by atoms with E-state index in [1.807, 2.05) is 12.2 Å². The van der Waals surface area contributed by atoms with Gasteiger partial charge in [-0.1, -0.05) is 18.2 Å². The second-order valence-electron chi connectivity index (χ2n) is 8.41. The van der Waals surface area contributed by atoms with E-state index < -0.39 is 5.92 Å². The van der Waals surface area contributed by atoms with Gasteiger partial charge in [0.1, 0.15) is 5.75 Å². The Kier molecular flexibility index (Phi) is 6.62. The zero-order chi connectivity index (χ0) is 24.2. The minimum atomic E-state index is -0.398. The summed E-state index contributed by atoms with van der Waals surface area (Å²) in [5.41, 5.74) is 3.97. The number of nitrogens with one attached hydrogen (secondary N) is 2. The fourth-order valence-corrected chi connectivity index (χ4v) is 3.88. The molecule has 1 fully saturated rings. The van der Waals surface area contributed by atoms with Crippen molar-refractivity contribution in [3.8, 4) is 5.75 Å². The molecule has 2 N–H and O–H groups in total. The Hall–Kier alpha value is -4.14. The summed E-state index contributed by atoms with van der Waals surface area (Å²) in [6.45, 7) is -0.0743. The maximum absolute atomic E-state index is 13.0. The molecule has 4 rings (SSSR count). The van der Waals surface area contributed by atoms with Gasteiger partial charge in [-0.3, -0.25) is 24.6 Å². The Bertz CT molecular complexity index is 1140. The first-order valence-corrected chi connectivity index (χ1v) is 11.0. The fourth-order valence-electron chi connectivity index (χ4n) is 3.88. The molecule has 1 aliphatic heterocycles. The van der Waals surface area contributed by atoms with Crippen molar-refractivity contribution in [2.24, 2.45) is 11.8 Å². The predicted molar refractivity (Wildman–Crippen MR) is 126 cm³/mol. The number of fused-ring (bicyclic) bond motifs is 1. The van der Waals surface area contributed by atoms with Gasteiger partial charge in [0.05, 0.1) is 17.5 Å². The molecule has 1 aliphatic carbocycles. The molecule has 0 saturated carbocycles. The average Bonchev–Trinajstić information content (AvgIpc) is 2.85. The molecule has 0 spiro atoms. The van der Waals surface area contributed by atoms with Crippen LogP contribution in [0.1, 0.15) is 23.2 Å². The summed E-state index contributed by atoms with van der Waals surface area (Å²) in [5, 5.41) is 4.03. The molecule has 2 aromatic rings. The molecule has 2 atom stereocenters. The van der Waals surface area contributed by atoms with Crippen LogP contribution in [0.2, 0.25) is 0 Å². The third-order valence-corrected chi connectivity index (χ3v) is 5.87.